The van der Waals surface area contributed by atoms with Gasteiger partial charge in [0.25, 0.3) is 5.91 Å². The van der Waals surface area contributed by atoms with Crippen LogP contribution in [0.4, 0.5) is 4.79 Å². The van der Waals surface area contributed by atoms with Gasteiger partial charge in [0.15, 0.2) is 5.16 Å². The molecular weight excluding hydrogens is 330 g/mol. The number of hydrazine groups is 1. The summed E-state index contributed by atoms with van der Waals surface area (Å²) in [5, 5.41) is 3.91. The number of aromatic nitrogens is 2. The molecule has 0 saturated carbocycles. The van der Waals surface area contributed by atoms with E-state index in [1.165, 1.54) is 11.8 Å². The highest BCUT2D eigenvalue weighted by atomic mass is 32.2. The number of carbonyl (C=O) groups is 3. The van der Waals surface area contributed by atoms with Crippen molar-refractivity contribution < 1.29 is 14.4 Å². The molecule has 1 aliphatic heterocycles. The Bertz CT molecular complexity index is 787. The zero-order chi connectivity index (χ0) is 17.3. The van der Waals surface area contributed by atoms with Crippen LogP contribution >= 0.6 is 11.8 Å². The van der Waals surface area contributed by atoms with E-state index in [2.05, 4.69) is 20.7 Å². The number of nitrogens with one attached hydrogen (secondary N) is 3. The van der Waals surface area contributed by atoms with Crippen molar-refractivity contribution in [2.45, 2.75) is 31.0 Å². The van der Waals surface area contributed by atoms with Crippen molar-refractivity contribution >= 4 is 40.6 Å². The first kappa shape index (κ1) is 16.3. The Hall–Kier alpha value is -2.55. The molecule has 0 bridgehead atoms. The predicted molar refractivity (Wildman–Crippen MR) is 89.0 cm³/mol. The maximum absolute atomic E-state index is 12.2. The molecule has 1 unspecified atom stereocenters. The fourth-order valence-corrected chi connectivity index (χ4v) is 2.99. The number of amides is 4. The lowest BCUT2D eigenvalue weighted by Crippen LogP contribution is -2.49. The van der Waals surface area contributed by atoms with Crippen LogP contribution in [0.1, 0.15) is 20.3 Å². The van der Waals surface area contributed by atoms with Gasteiger partial charge in [-0.15, -0.1) is 0 Å². The quantitative estimate of drug-likeness (QED) is 0.560. The molecule has 9 heteroatoms. The molecular formula is C15H17N5O3S. The molecule has 8 nitrogen and oxygen atoms in total. The first-order chi connectivity index (χ1) is 11.4. The lowest BCUT2D eigenvalue weighted by atomic mass is 10.00. The van der Waals surface area contributed by atoms with Gasteiger partial charge in [-0.2, -0.15) is 5.01 Å². The SMILES string of the molecule is CCC1(C)NC(=O)N(NC(=O)CSc2nc3ccccc3[nH]2)C1=O. The van der Waals surface area contributed by atoms with E-state index in [9.17, 15) is 14.4 Å². The Labute approximate surface area is 142 Å². The van der Waals surface area contributed by atoms with Crippen LogP contribution < -0.4 is 10.7 Å². The molecule has 0 aliphatic carbocycles. The molecule has 1 aromatic heterocycles. The van der Waals surface area contributed by atoms with Crippen molar-refractivity contribution in [2.75, 3.05) is 5.75 Å². The maximum atomic E-state index is 12.2. The first-order valence-corrected chi connectivity index (χ1v) is 8.45. The molecule has 3 rings (SSSR count). The Morgan fingerprint density at radius 2 is 2.12 bits per heavy atom. The highest BCUT2D eigenvalue weighted by molar-refractivity contribution is 7.99. The minimum absolute atomic E-state index is 0.0275. The summed E-state index contributed by atoms with van der Waals surface area (Å²) in [5.41, 5.74) is 3.06. The highest BCUT2D eigenvalue weighted by Gasteiger charge is 2.47. The van der Waals surface area contributed by atoms with Gasteiger partial charge in [-0.25, -0.2) is 9.78 Å². The van der Waals surface area contributed by atoms with E-state index in [1.807, 2.05) is 24.3 Å². The number of imide groups is 1. The zero-order valence-corrected chi connectivity index (χ0v) is 14.1. The Balaban J connectivity index is 1.60. The maximum Gasteiger partial charge on any atom is 0.344 e. The first-order valence-electron chi connectivity index (χ1n) is 7.46. The van der Waals surface area contributed by atoms with Gasteiger partial charge >= 0.3 is 6.03 Å². The number of para-hydroxylation sites is 2. The molecule has 0 spiro atoms. The van der Waals surface area contributed by atoms with Gasteiger partial charge < -0.3 is 10.3 Å². The fraction of sp³-hybridized carbons (Fsp3) is 0.333. The molecule has 1 saturated heterocycles. The normalized spacial score (nSPS) is 20.5. The third kappa shape index (κ3) is 2.94. The van der Waals surface area contributed by atoms with Crippen LogP contribution in [-0.4, -0.2) is 44.1 Å². The van der Waals surface area contributed by atoms with Gasteiger partial charge in [0.2, 0.25) is 5.91 Å². The van der Waals surface area contributed by atoms with Crippen molar-refractivity contribution in [2.24, 2.45) is 0 Å². The number of aromatic amines is 1. The van der Waals surface area contributed by atoms with Crippen molar-refractivity contribution in [3.63, 3.8) is 0 Å². The monoisotopic (exact) mass is 347 g/mol. The predicted octanol–water partition coefficient (Wildman–Crippen LogP) is 1.41. The minimum Gasteiger partial charge on any atom is -0.333 e. The molecule has 126 valence electrons. The Kier molecular flexibility index (Phi) is 4.18. The number of benzene rings is 1. The molecule has 0 radical (unpaired) electrons. The molecule has 2 heterocycles. The van der Waals surface area contributed by atoms with Crippen LogP contribution in [0.15, 0.2) is 29.4 Å². The standard InChI is InChI=1S/C15H17N5O3S/c1-3-15(2)12(22)20(14(23)18-15)19-11(21)8-24-13-16-9-6-4-5-7-10(9)17-13/h4-7H,3,8H2,1-2H3,(H,16,17)(H,18,23)(H,19,21). The summed E-state index contributed by atoms with van der Waals surface area (Å²) in [7, 11) is 0. The molecule has 1 aromatic carbocycles. The van der Waals surface area contributed by atoms with Crippen molar-refractivity contribution in [3.8, 4) is 0 Å². The van der Waals surface area contributed by atoms with E-state index in [4.69, 9.17) is 0 Å². The molecule has 2 aromatic rings. The number of H-pyrrole nitrogens is 1. The summed E-state index contributed by atoms with van der Waals surface area (Å²) in [6, 6.07) is 6.92. The molecule has 1 aliphatic rings. The van der Waals surface area contributed by atoms with Crippen molar-refractivity contribution in [1.82, 2.24) is 25.7 Å². The van der Waals surface area contributed by atoms with E-state index in [-0.39, 0.29) is 5.75 Å². The van der Waals surface area contributed by atoms with Crippen LogP contribution in [0, 0.1) is 0 Å². The molecule has 3 N–H and O–H groups in total. The fourth-order valence-electron chi connectivity index (χ4n) is 2.31. The van der Waals surface area contributed by atoms with Gasteiger partial charge in [0, 0.05) is 0 Å². The summed E-state index contributed by atoms with van der Waals surface area (Å²) in [6.07, 6.45) is 0.442. The second kappa shape index (κ2) is 6.16. The van der Waals surface area contributed by atoms with Gasteiger partial charge in [-0.1, -0.05) is 30.8 Å². The molecule has 24 heavy (non-hydrogen) atoms. The van der Waals surface area contributed by atoms with Crippen LogP contribution in [0.5, 0.6) is 0 Å². The van der Waals surface area contributed by atoms with Gasteiger partial charge in [-0.3, -0.25) is 15.0 Å². The number of rotatable bonds is 5. The Morgan fingerprint density at radius 3 is 2.79 bits per heavy atom. The van der Waals surface area contributed by atoms with E-state index < -0.39 is 23.4 Å². The second-order valence-electron chi connectivity index (χ2n) is 5.64. The third-order valence-electron chi connectivity index (χ3n) is 3.91. The summed E-state index contributed by atoms with van der Waals surface area (Å²) in [5.74, 6) is -0.888. The number of hydrogen-bond donors (Lipinski definition) is 3. The van der Waals surface area contributed by atoms with Crippen LogP contribution in [-0.2, 0) is 9.59 Å². The topological polar surface area (TPSA) is 107 Å². The van der Waals surface area contributed by atoms with Crippen LogP contribution in [0.3, 0.4) is 0 Å². The number of hydrogen-bond acceptors (Lipinski definition) is 5. The van der Waals surface area contributed by atoms with Crippen LogP contribution in [0.25, 0.3) is 11.0 Å². The van der Waals surface area contributed by atoms with Crippen LogP contribution in [0.2, 0.25) is 0 Å². The summed E-state index contributed by atoms with van der Waals surface area (Å²) in [6.45, 7) is 3.42. The van der Waals surface area contributed by atoms with E-state index in [0.29, 0.717) is 11.6 Å². The summed E-state index contributed by atoms with van der Waals surface area (Å²) >= 11 is 1.20. The van der Waals surface area contributed by atoms with E-state index in [1.54, 1.807) is 13.8 Å². The summed E-state index contributed by atoms with van der Waals surface area (Å²) < 4.78 is 0. The van der Waals surface area contributed by atoms with E-state index in [0.717, 1.165) is 16.0 Å². The number of thioether (sulfide) groups is 1. The number of fused-ring (bicyclic) bond motifs is 1. The smallest absolute Gasteiger partial charge is 0.333 e. The lowest BCUT2D eigenvalue weighted by molar-refractivity contribution is -0.137. The third-order valence-corrected chi connectivity index (χ3v) is 4.79. The number of urea groups is 1. The number of carbonyl (C=O) groups excluding carboxylic acids is 3. The van der Waals surface area contributed by atoms with Gasteiger partial charge in [-0.05, 0) is 25.5 Å². The molecule has 4 amide bonds. The molecule has 1 fully saturated rings. The zero-order valence-electron chi connectivity index (χ0n) is 13.3. The summed E-state index contributed by atoms with van der Waals surface area (Å²) in [4.78, 5) is 43.5. The average molecular weight is 347 g/mol. The minimum atomic E-state index is -0.976. The van der Waals surface area contributed by atoms with Gasteiger partial charge in [0.1, 0.15) is 5.54 Å². The number of nitrogens with zero attached hydrogens (tertiary/aromatic N) is 2. The number of imidazole rings is 1. The average Bonchev–Trinajstić information content (AvgIpc) is 3.07. The second-order valence-corrected chi connectivity index (χ2v) is 6.60. The van der Waals surface area contributed by atoms with Crippen molar-refractivity contribution in [1.29, 1.82) is 0 Å². The van der Waals surface area contributed by atoms with E-state index >= 15 is 0 Å². The highest BCUT2D eigenvalue weighted by Crippen LogP contribution is 2.21. The van der Waals surface area contributed by atoms with Gasteiger partial charge in [0.05, 0.1) is 16.8 Å². The lowest BCUT2D eigenvalue weighted by Gasteiger charge is -2.19. The van der Waals surface area contributed by atoms with Crippen molar-refractivity contribution in [3.05, 3.63) is 24.3 Å². The largest absolute Gasteiger partial charge is 0.344 e. The molecule has 1 atom stereocenters. The Morgan fingerprint density at radius 1 is 1.38 bits per heavy atom.